The van der Waals surface area contributed by atoms with E-state index in [1.54, 1.807) is 0 Å². The van der Waals surface area contributed by atoms with Gasteiger partial charge in [0.25, 0.3) is 0 Å². The number of alkyl halides is 3. The Morgan fingerprint density at radius 2 is 1.57 bits per heavy atom. The Kier molecular flexibility index (Phi) is 3.84. The third-order valence-electron chi connectivity index (χ3n) is 2.62. The van der Waals surface area contributed by atoms with E-state index in [0.29, 0.717) is 11.1 Å². The predicted molar refractivity (Wildman–Crippen MR) is 65.5 cm³/mol. The smallest absolute Gasteiger partial charge is 0.478 e. The lowest BCUT2D eigenvalue weighted by molar-refractivity contribution is -0.275. The summed E-state index contributed by atoms with van der Waals surface area (Å²) in [5.74, 6) is -3.19. The second-order valence-corrected chi connectivity index (χ2v) is 4.08. The first kappa shape index (κ1) is 14.8. The minimum absolute atomic E-state index is 0.0521. The Morgan fingerprint density at radius 3 is 2.05 bits per heavy atom. The lowest BCUT2D eigenvalue weighted by atomic mass is 10.0. The van der Waals surface area contributed by atoms with Crippen molar-refractivity contribution >= 4 is 5.97 Å². The molecule has 0 aromatic heterocycles. The van der Waals surface area contributed by atoms with Crippen molar-refractivity contribution in [1.82, 2.24) is 0 Å². The molecule has 0 heterocycles. The Hall–Kier alpha value is -2.57. The summed E-state index contributed by atoms with van der Waals surface area (Å²) >= 11 is 0. The molecule has 0 fully saturated rings. The highest BCUT2D eigenvalue weighted by Gasteiger charge is 2.32. The van der Waals surface area contributed by atoms with Gasteiger partial charge in [-0.3, -0.25) is 0 Å². The highest BCUT2D eigenvalue weighted by atomic mass is 19.4. The third-order valence-corrected chi connectivity index (χ3v) is 2.62. The van der Waals surface area contributed by atoms with Crippen LogP contribution in [0.2, 0.25) is 0 Å². The first-order valence-electron chi connectivity index (χ1n) is 5.65. The van der Waals surface area contributed by atoms with Crippen molar-refractivity contribution in [2.24, 2.45) is 0 Å². The number of carboxylic acids is 1. The molecule has 0 unspecified atom stereocenters. The second kappa shape index (κ2) is 5.43. The van der Waals surface area contributed by atoms with Crippen LogP contribution in [0.3, 0.4) is 0 Å². The molecule has 3 nitrogen and oxygen atoms in total. The molecule has 110 valence electrons. The van der Waals surface area contributed by atoms with Gasteiger partial charge in [0.05, 0.1) is 5.56 Å². The molecule has 0 aliphatic carbocycles. The molecule has 21 heavy (non-hydrogen) atoms. The molecule has 2 aromatic carbocycles. The van der Waals surface area contributed by atoms with Gasteiger partial charge in [-0.2, -0.15) is 0 Å². The van der Waals surface area contributed by atoms with E-state index in [1.807, 2.05) is 0 Å². The fraction of sp³-hybridized carbons (Fsp3) is 0.0714. The van der Waals surface area contributed by atoms with Gasteiger partial charge in [-0.05, 0) is 35.4 Å². The van der Waals surface area contributed by atoms with Crippen LogP contribution < -0.4 is 4.74 Å². The van der Waals surface area contributed by atoms with E-state index in [4.69, 9.17) is 5.11 Å². The fourth-order valence-electron chi connectivity index (χ4n) is 1.69. The molecular formula is C14H8F4O3. The van der Waals surface area contributed by atoms with Crippen molar-refractivity contribution in [3.8, 4) is 16.9 Å². The van der Waals surface area contributed by atoms with Gasteiger partial charge in [-0.1, -0.05) is 18.2 Å². The molecule has 0 saturated carbocycles. The zero-order chi connectivity index (χ0) is 15.6. The van der Waals surface area contributed by atoms with E-state index in [1.165, 1.54) is 30.3 Å². The summed E-state index contributed by atoms with van der Waals surface area (Å²) in [5, 5.41) is 8.75. The molecule has 7 heteroatoms. The van der Waals surface area contributed by atoms with Crippen molar-refractivity contribution in [2.75, 3.05) is 0 Å². The molecule has 0 bridgehead atoms. The van der Waals surface area contributed by atoms with Gasteiger partial charge in [0.15, 0.2) is 11.6 Å². The topological polar surface area (TPSA) is 46.5 Å². The number of halogens is 4. The maximum Gasteiger partial charge on any atom is 0.573 e. The lowest BCUT2D eigenvalue weighted by Gasteiger charge is -2.10. The number of hydrogen-bond acceptors (Lipinski definition) is 2. The zero-order valence-corrected chi connectivity index (χ0v) is 10.3. The molecule has 0 aliphatic rings. The summed E-state index contributed by atoms with van der Waals surface area (Å²) in [6.45, 7) is 0. The summed E-state index contributed by atoms with van der Waals surface area (Å²) in [4.78, 5) is 10.7. The molecule has 0 spiro atoms. The van der Waals surface area contributed by atoms with Crippen molar-refractivity contribution in [3.63, 3.8) is 0 Å². The van der Waals surface area contributed by atoms with E-state index in [0.717, 1.165) is 12.1 Å². The zero-order valence-electron chi connectivity index (χ0n) is 10.3. The minimum Gasteiger partial charge on any atom is -0.478 e. The summed E-state index contributed by atoms with van der Waals surface area (Å²) in [6, 6.07) is 8.50. The normalized spacial score (nSPS) is 11.2. The Bertz CT molecular complexity index is 663. The first-order chi connectivity index (χ1) is 9.76. The molecule has 1 N–H and O–H groups in total. The Morgan fingerprint density at radius 1 is 1.00 bits per heavy atom. The summed E-state index contributed by atoms with van der Waals surface area (Å²) in [5.41, 5.74) is 0.827. The van der Waals surface area contributed by atoms with E-state index in [2.05, 4.69) is 4.74 Å². The maximum atomic E-state index is 13.6. The van der Waals surface area contributed by atoms with Crippen LogP contribution in [0.25, 0.3) is 11.1 Å². The third kappa shape index (κ3) is 3.71. The predicted octanol–water partition coefficient (Wildman–Crippen LogP) is 4.09. The quantitative estimate of drug-likeness (QED) is 0.868. The highest BCUT2D eigenvalue weighted by Crippen LogP contribution is 2.29. The summed E-state index contributed by atoms with van der Waals surface area (Å²) in [7, 11) is 0. The highest BCUT2D eigenvalue weighted by molar-refractivity contribution is 5.88. The van der Waals surface area contributed by atoms with Gasteiger partial charge in [-0.25, -0.2) is 9.18 Å². The number of carbonyl (C=O) groups is 1. The molecule has 0 amide bonds. The van der Waals surface area contributed by atoms with Gasteiger partial charge < -0.3 is 9.84 Å². The van der Waals surface area contributed by atoms with Crippen LogP contribution in [-0.2, 0) is 0 Å². The van der Waals surface area contributed by atoms with Gasteiger partial charge in [0.2, 0.25) is 0 Å². The number of benzene rings is 2. The Labute approximate surface area is 116 Å². The van der Waals surface area contributed by atoms with Gasteiger partial charge in [-0.15, -0.1) is 13.2 Å². The van der Waals surface area contributed by atoms with E-state index in [-0.39, 0.29) is 5.56 Å². The van der Waals surface area contributed by atoms with Crippen LogP contribution in [0.4, 0.5) is 17.6 Å². The van der Waals surface area contributed by atoms with Crippen LogP contribution in [0.5, 0.6) is 5.75 Å². The number of carboxylic acid groups (broad SMARTS) is 1. The molecule has 2 rings (SSSR count). The molecular weight excluding hydrogens is 292 g/mol. The fourth-order valence-corrected chi connectivity index (χ4v) is 1.69. The van der Waals surface area contributed by atoms with Crippen molar-refractivity contribution < 1.29 is 32.2 Å². The number of ether oxygens (including phenoxy) is 1. The van der Waals surface area contributed by atoms with Gasteiger partial charge in [0.1, 0.15) is 0 Å². The van der Waals surface area contributed by atoms with Crippen LogP contribution in [0, 0.1) is 5.82 Å². The van der Waals surface area contributed by atoms with E-state index >= 15 is 0 Å². The Balaban J connectivity index is 2.29. The molecule has 0 atom stereocenters. The van der Waals surface area contributed by atoms with Gasteiger partial charge in [0, 0.05) is 0 Å². The number of aromatic carboxylic acids is 1. The largest absolute Gasteiger partial charge is 0.573 e. The lowest BCUT2D eigenvalue weighted by Crippen LogP contribution is -2.17. The van der Waals surface area contributed by atoms with Gasteiger partial charge >= 0.3 is 12.3 Å². The van der Waals surface area contributed by atoms with Crippen molar-refractivity contribution in [2.45, 2.75) is 6.36 Å². The summed E-state index contributed by atoms with van der Waals surface area (Å²) in [6.07, 6.45) is -4.97. The van der Waals surface area contributed by atoms with E-state index < -0.39 is 23.9 Å². The average Bonchev–Trinajstić information content (AvgIpc) is 2.40. The molecule has 2 aromatic rings. The molecule has 0 aliphatic heterocycles. The average molecular weight is 300 g/mol. The second-order valence-electron chi connectivity index (χ2n) is 4.08. The van der Waals surface area contributed by atoms with Crippen LogP contribution >= 0.6 is 0 Å². The number of rotatable bonds is 3. The van der Waals surface area contributed by atoms with E-state index in [9.17, 15) is 22.4 Å². The standard InChI is InChI=1S/C14H8F4O3/c15-11-7-10(5-6-12(11)21-14(16,17)18)8-1-3-9(4-2-8)13(19)20/h1-7H,(H,19,20). The number of hydrogen-bond donors (Lipinski definition) is 1. The van der Waals surface area contributed by atoms with Crippen molar-refractivity contribution in [3.05, 3.63) is 53.8 Å². The van der Waals surface area contributed by atoms with Crippen LogP contribution in [0.1, 0.15) is 10.4 Å². The minimum atomic E-state index is -4.97. The van der Waals surface area contributed by atoms with Crippen LogP contribution in [-0.4, -0.2) is 17.4 Å². The maximum absolute atomic E-state index is 13.6. The first-order valence-corrected chi connectivity index (χ1v) is 5.65. The monoisotopic (exact) mass is 300 g/mol. The molecule has 0 saturated heterocycles. The molecule has 0 radical (unpaired) electrons. The van der Waals surface area contributed by atoms with Crippen LogP contribution in [0.15, 0.2) is 42.5 Å². The van der Waals surface area contributed by atoms with Crippen molar-refractivity contribution in [1.29, 1.82) is 0 Å². The SMILES string of the molecule is O=C(O)c1ccc(-c2ccc(OC(F)(F)F)c(F)c2)cc1. The summed E-state index contributed by atoms with van der Waals surface area (Å²) < 4.78 is 53.1.